The molecule has 1 heterocycles. The standard InChI is InChI=1S/C20H25ClN2O/c1-22-13-15-23(16-14-22)12-4-6-17-5-2-3-7-20(17)24-19-10-8-18(21)9-11-19/h2-3,5,7-11H,4,6,12-16H2,1H3. The Hall–Kier alpha value is -1.55. The zero-order chi connectivity index (χ0) is 16.8. The van der Waals surface area contributed by atoms with E-state index in [1.165, 1.54) is 31.7 Å². The molecule has 0 saturated carbocycles. The summed E-state index contributed by atoms with van der Waals surface area (Å²) in [5, 5.41) is 0.725. The van der Waals surface area contributed by atoms with E-state index in [-0.39, 0.29) is 0 Å². The lowest BCUT2D eigenvalue weighted by atomic mass is 10.1. The third kappa shape index (κ3) is 4.97. The number of likely N-dealkylation sites (N-methyl/N-ethyl adjacent to an activating group) is 1. The first-order chi connectivity index (χ1) is 11.7. The molecule has 0 unspecified atom stereocenters. The number of piperazine rings is 1. The second-order valence-corrected chi connectivity index (χ2v) is 6.85. The van der Waals surface area contributed by atoms with Gasteiger partial charge in [0.2, 0.25) is 0 Å². The summed E-state index contributed by atoms with van der Waals surface area (Å²) >= 11 is 5.93. The molecule has 128 valence electrons. The fourth-order valence-electron chi connectivity index (χ4n) is 3.00. The van der Waals surface area contributed by atoms with Gasteiger partial charge in [0, 0.05) is 31.2 Å². The van der Waals surface area contributed by atoms with Gasteiger partial charge in [-0.05, 0) is 62.3 Å². The number of benzene rings is 2. The average Bonchev–Trinajstić information content (AvgIpc) is 2.60. The lowest BCUT2D eigenvalue weighted by Crippen LogP contribution is -2.44. The monoisotopic (exact) mass is 344 g/mol. The van der Waals surface area contributed by atoms with Crippen LogP contribution in [0.4, 0.5) is 0 Å². The fraction of sp³-hybridized carbons (Fsp3) is 0.400. The molecule has 0 spiro atoms. The molecule has 0 aliphatic carbocycles. The van der Waals surface area contributed by atoms with E-state index < -0.39 is 0 Å². The quantitative estimate of drug-likeness (QED) is 0.776. The van der Waals surface area contributed by atoms with Gasteiger partial charge in [-0.15, -0.1) is 0 Å². The summed E-state index contributed by atoms with van der Waals surface area (Å²) < 4.78 is 6.04. The predicted octanol–water partition coefficient (Wildman–Crippen LogP) is 4.31. The van der Waals surface area contributed by atoms with Crippen LogP contribution in [-0.4, -0.2) is 49.6 Å². The Bertz CT molecular complexity index is 636. The average molecular weight is 345 g/mol. The normalized spacial score (nSPS) is 16.2. The fourth-order valence-corrected chi connectivity index (χ4v) is 3.13. The lowest BCUT2D eigenvalue weighted by Gasteiger charge is -2.32. The van der Waals surface area contributed by atoms with Gasteiger partial charge in [0.25, 0.3) is 0 Å². The molecule has 2 aromatic rings. The first-order valence-corrected chi connectivity index (χ1v) is 9.01. The Morgan fingerprint density at radius 1 is 0.958 bits per heavy atom. The van der Waals surface area contributed by atoms with E-state index >= 15 is 0 Å². The summed E-state index contributed by atoms with van der Waals surface area (Å²) in [6.07, 6.45) is 2.20. The van der Waals surface area contributed by atoms with Crippen LogP contribution in [0.15, 0.2) is 48.5 Å². The molecule has 0 aromatic heterocycles. The minimum Gasteiger partial charge on any atom is -0.457 e. The molecular weight excluding hydrogens is 320 g/mol. The second kappa shape index (κ2) is 8.52. The van der Waals surface area contributed by atoms with Crippen LogP contribution in [0.2, 0.25) is 5.02 Å². The van der Waals surface area contributed by atoms with E-state index in [0.717, 1.165) is 35.9 Å². The highest BCUT2D eigenvalue weighted by molar-refractivity contribution is 6.30. The number of rotatable bonds is 6. The highest BCUT2D eigenvalue weighted by atomic mass is 35.5. The molecule has 1 aliphatic rings. The summed E-state index contributed by atoms with van der Waals surface area (Å²) in [6.45, 7) is 5.87. The number of nitrogens with zero attached hydrogens (tertiary/aromatic N) is 2. The first kappa shape index (κ1) is 17.3. The van der Waals surface area contributed by atoms with E-state index in [4.69, 9.17) is 16.3 Å². The van der Waals surface area contributed by atoms with Crippen molar-refractivity contribution in [1.82, 2.24) is 9.80 Å². The largest absolute Gasteiger partial charge is 0.457 e. The van der Waals surface area contributed by atoms with Gasteiger partial charge in [-0.1, -0.05) is 29.8 Å². The Morgan fingerprint density at radius 2 is 1.67 bits per heavy atom. The molecule has 0 N–H and O–H groups in total. The molecule has 24 heavy (non-hydrogen) atoms. The highest BCUT2D eigenvalue weighted by Crippen LogP contribution is 2.27. The molecular formula is C20H25ClN2O. The summed E-state index contributed by atoms with van der Waals surface area (Å²) in [6, 6.07) is 15.8. The molecule has 3 nitrogen and oxygen atoms in total. The second-order valence-electron chi connectivity index (χ2n) is 6.41. The third-order valence-electron chi connectivity index (χ3n) is 4.53. The Labute approximate surface area is 149 Å². The van der Waals surface area contributed by atoms with Gasteiger partial charge >= 0.3 is 0 Å². The van der Waals surface area contributed by atoms with E-state index in [0.29, 0.717) is 0 Å². The number of hydrogen-bond donors (Lipinski definition) is 0. The van der Waals surface area contributed by atoms with Gasteiger partial charge in [-0.2, -0.15) is 0 Å². The molecule has 0 atom stereocenters. The first-order valence-electron chi connectivity index (χ1n) is 8.63. The smallest absolute Gasteiger partial charge is 0.130 e. The van der Waals surface area contributed by atoms with Gasteiger partial charge in [0.1, 0.15) is 11.5 Å². The number of hydrogen-bond acceptors (Lipinski definition) is 3. The van der Waals surface area contributed by atoms with Crippen molar-refractivity contribution in [3.8, 4) is 11.5 Å². The Kier molecular flexibility index (Phi) is 6.13. The maximum absolute atomic E-state index is 6.04. The van der Waals surface area contributed by atoms with Crippen LogP contribution in [0.25, 0.3) is 0 Å². The van der Waals surface area contributed by atoms with E-state index in [1.54, 1.807) is 0 Å². The molecule has 1 fully saturated rings. The maximum atomic E-state index is 6.04. The summed E-state index contributed by atoms with van der Waals surface area (Å²) in [5.41, 5.74) is 1.27. The SMILES string of the molecule is CN1CCN(CCCc2ccccc2Oc2ccc(Cl)cc2)CC1. The molecule has 1 saturated heterocycles. The van der Waals surface area contributed by atoms with Crippen molar-refractivity contribution in [3.63, 3.8) is 0 Å². The number of halogens is 1. The molecule has 4 heteroatoms. The van der Waals surface area contributed by atoms with Gasteiger partial charge in [0.05, 0.1) is 0 Å². The van der Waals surface area contributed by atoms with Crippen LogP contribution in [0, 0.1) is 0 Å². The molecule has 1 aliphatic heterocycles. The molecule has 0 amide bonds. The van der Waals surface area contributed by atoms with Crippen LogP contribution in [0.5, 0.6) is 11.5 Å². The van der Waals surface area contributed by atoms with Crippen molar-refractivity contribution in [2.45, 2.75) is 12.8 Å². The van der Waals surface area contributed by atoms with Crippen molar-refractivity contribution in [3.05, 3.63) is 59.1 Å². The van der Waals surface area contributed by atoms with Crippen molar-refractivity contribution in [1.29, 1.82) is 0 Å². The maximum Gasteiger partial charge on any atom is 0.130 e. The van der Waals surface area contributed by atoms with Crippen LogP contribution in [0.3, 0.4) is 0 Å². The molecule has 3 rings (SSSR count). The van der Waals surface area contributed by atoms with E-state index in [2.05, 4.69) is 29.0 Å². The summed E-state index contributed by atoms with van der Waals surface area (Å²) in [5.74, 6) is 1.77. The predicted molar refractivity (Wildman–Crippen MR) is 100 cm³/mol. The van der Waals surface area contributed by atoms with Crippen LogP contribution >= 0.6 is 11.6 Å². The molecule has 0 bridgehead atoms. The van der Waals surface area contributed by atoms with Crippen LogP contribution in [-0.2, 0) is 6.42 Å². The van der Waals surface area contributed by atoms with Crippen LogP contribution < -0.4 is 4.74 Å². The van der Waals surface area contributed by atoms with Crippen molar-refractivity contribution in [2.24, 2.45) is 0 Å². The van der Waals surface area contributed by atoms with Gasteiger partial charge in [0.15, 0.2) is 0 Å². The van der Waals surface area contributed by atoms with Crippen LogP contribution in [0.1, 0.15) is 12.0 Å². The molecule has 0 radical (unpaired) electrons. The van der Waals surface area contributed by atoms with Crippen molar-refractivity contribution in [2.75, 3.05) is 39.8 Å². The highest BCUT2D eigenvalue weighted by Gasteiger charge is 2.13. The number of para-hydroxylation sites is 1. The van der Waals surface area contributed by atoms with Gasteiger partial charge < -0.3 is 14.5 Å². The third-order valence-corrected chi connectivity index (χ3v) is 4.78. The van der Waals surface area contributed by atoms with Gasteiger partial charge in [-0.25, -0.2) is 0 Å². The lowest BCUT2D eigenvalue weighted by molar-refractivity contribution is 0.153. The Morgan fingerprint density at radius 3 is 2.42 bits per heavy atom. The summed E-state index contributed by atoms with van der Waals surface area (Å²) in [4.78, 5) is 4.95. The minimum absolute atomic E-state index is 0.725. The van der Waals surface area contributed by atoms with Crippen molar-refractivity contribution < 1.29 is 4.74 Å². The topological polar surface area (TPSA) is 15.7 Å². The van der Waals surface area contributed by atoms with E-state index in [9.17, 15) is 0 Å². The zero-order valence-electron chi connectivity index (χ0n) is 14.2. The zero-order valence-corrected chi connectivity index (χ0v) is 15.0. The minimum atomic E-state index is 0.725. The molecule has 2 aromatic carbocycles. The number of ether oxygens (including phenoxy) is 1. The summed E-state index contributed by atoms with van der Waals surface area (Å²) in [7, 11) is 2.20. The Balaban J connectivity index is 1.55. The van der Waals surface area contributed by atoms with Crippen molar-refractivity contribution >= 4 is 11.6 Å². The van der Waals surface area contributed by atoms with Gasteiger partial charge in [-0.3, -0.25) is 0 Å². The van der Waals surface area contributed by atoms with E-state index in [1.807, 2.05) is 36.4 Å². The number of aryl methyl sites for hydroxylation is 1.